The lowest BCUT2D eigenvalue weighted by atomic mass is 10.0. The van der Waals surface area contributed by atoms with Gasteiger partial charge in [0.2, 0.25) is 0 Å². The summed E-state index contributed by atoms with van der Waals surface area (Å²) in [6, 6.07) is 0. The van der Waals surface area contributed by atoms with Crippen molar-refractivity contribution in [3.63, 3.8) is 0 Å². The summed E-state index contributed by atoms with van der Waals surface area (Å²) in [7, 11) is 0. The molecule has 0 aliphatic carbocycles. The smallest absolute Gasteiger partial charge is 0.306 e. The first-order chi connectivity index (χ1) is 37.7. The van der Waals surface area contributed by atoms with Gasteiger partial charge in [0.05, 0.1) is 0 Å². The van der Waals surface area contributed by atoms with Crippen molar-refractivity contribution in [2.45, 2.75) is 413 Å². The van der Waals surface area contributed by atoms with Crippen molar-refractivity contribution < 1.29 is 28.6 Å². The van der Waals surface area contributed by atoms with Gasteiger partial charge in [0.15, 0.2) is 6.10 Å². The molecule has 0 radical (unpaired) electrons. The number of rotatable bonds is 65. The van der Waals surface area contributed by atoms with E-state index < -0.39 is 6.10 Å². The minimum absolute atomic E-state index is 0.0611. The van der Waals surface area contributed by atoms with Crippen LogP contribution in [0.1, 0.15) is 407 Å². The molecule has 0 spiro atoms. The Kier molecular flexibility index (Phi) is 62.3. The van der Waals surface area contributed by atoms with E-state index >= 15 is 0 Å². The van der Waals surface area contributed by atoms with Gasteiger partial charge in [0.25, 0.3) is 0 Å². The molecule has 1 atom stereocenters. The van der Waals surface area contributed by atoms with E-state index in [1.165, 1.54) is 295 Å². The van der Waals surface area contributed by atoms with Crippen molar-refractivity contribution in [2.24, 2.45) is 11.8 Å². The highest BCUT2D eigenvalue weighted by atomic mass is 16.6. The minimum Gasteiger partial charge on any atom is -0.462 e. The van der Waals surface area contributed by atoms with Crippen molar-refractivity contribution in [3.8, 4) is 0 Å². The quantitative estimate of drug-likeness (QED) is 0.0343. The zero-order valence-electron chi connectivity index (χ0n) is 53.1. The molecule has 6 nitrogen and oxygen atoms in total. The number of unbranched alkanes of at least 4 members (excludes halogenated alkanes) is 50. The van der Waals surface area contributed by atoms with Crippen LogP contribution in [0.15, 0.2) is 0 Å². The number of hydrogen-bond acceptors (Lipinski definition) is 6. The lowest BCUT2D eigenvalue weighted by Gasteiger charge is -2.18. The second kappa shape index (κ2) is 63.6. The van der Waals surface area contributed by atoms with E-state index in [9.17, 15) is 14.4 Å². The summed E-state index contributed by atoms with van der Waals surface area (Å²) in [5.74, 6) is 0.889. The topological polar surface area (TPSA) is 78.9 Å². The van der Waals surface area contributed by atoms with E-state index in [0.717, 1.165) is 69.6 Å². The summed E-state index contributed by atoms with van der Waals surface area (Å²) in [4.78, 5) is 38.5. The Bertz CT molecular complexity index is 1180. The summed E-state index contributed by atoms with van der Waals surface area (Å²) in [5.41, 5.74) is 0. The molecule has 0 saturated heterocycles. The summed E-state index contributed by atoms with van der Waals surface area (Å²) < 4.78 is 17.0. The van der Waals surface area contributed by atoms with Gasteiger partial charge in [-0.3, -0.25) is 14.4 Å². The van der Waals surface area contributed by atoms with E-state index in [1.807, 2.05) is 0 Å². The van der Waals surface area contributed by atoms with Gasteiger partial charge in [0.1, 0.15) is 13.2 Å². The molecule has 77 heavy (non-hydrogen) atoms. The van der Waals surface area contributed by atoms with Gasteiger partial charge in [-0.15, -0.1) is 0 Å². The monoisotopic (exact) mass is 1090 g/mol. The van der Waals surface area contributed by atoms with Crippen LogP contribution in [-0.2, 0) is 28.6 Å². The highest BCUT2D eigenvalue weighted by Gasteiger charge is 2.20. The first-order valence-corrected chi connectivity index (χ1v) is 35.2. The second-order valence-corrected chi connectivity index (χ2v) is 25.5. The van der Waals surface area contributed by atoms with Gasteiger partial charge in [-0.2, -0.15) is 0 Å². The van der Waals surface area contributed by atoms with Gasteiger partial charge in [-0.25, -0.2) is 0 Å². The van der Waals surface area contributed by atoms with Gasteiger partial charge in [-0.1, -0.05) is 369 Å². The number of carbonyl (C=O) groups excluding carboxylic acids is 3. The van der Waals surface area contributed by atoms with Crippen molar-refractivity contribution in [2.75, 3.05) is 13.2 Å². The van der Waals surface area contributed by atoms with E-state index in [1.54, 1.807) is 0 Å². The summed E-state index contributed by atoms with van der Waals surface area (Å²) in [6.07, 6.45) is 72.6. The molecule has 0 bridgehead atoms. The molecule has 0 aromatic carbocycles. The van der Waals surface area contributed by atoms with Gasteiger partial charge >= 0.3 is 17.9 Å². The molecule has 6 heteroatoms. The SMILES string of the molecule is CCCCCCCCCCCCCCCCCCCCCC(=O)O[C@@H](COC(=O)CCCCCCCCCCCCCCCCCCCCC(C)C)COC(=O)CCCCCCCCCCCCCCCCCCC(C)C. The fraction of sp³-hybridized carbons (Fsp3) is 0.958. The average molecular weight is 1090 g/mol. The number of esters is 3. The van der Waals surface area contributed by atoms with E-state index in [2.05, 4.69) is 34.6 Å². The third-order valence-corrected chi connectivity index (χ3v) is 16.5. The minimum atomic E-state index is -0.765. The normalized spacial score (nSPS) is 12.0. The maximum Gasteiger partial charge on any atom is 0.306 e. The molecular weight excluding hydrogens is 949 g/mol. The molecule has 0 saturated carbocycles. The van der Waals surface area contributed by atoms with Crippen molar-refractivity contribution in [3.05, 3.63) is 0 Å². The van der Waals surface area contributed by atoms with Crippen molar-refractivity contribution >= 4 is 17.9 Å². The third-order valence-electron chi connectivity index (χ3n) is 16.5. The Morgan fingerprint density at radius 1 is 0.247 bits per heavy atom. The number of carbonyl (C=O) groups is 3. The predicted molar refractivity (Wildman–Crippen MR) is 335 cm³/mol. The van der Waals surface area contributed by atoms with Crippen LogP contribution in [0.3, 0.4) is 0 Å². The fourth-order valence-corrected chi connectivity index (χ4v) is 11.2. The zero-order chi connectivity index (χ0) is 56.0. The molecular formula is C71H138O6. The molecule has 0 unspecified atom stereocenters. The van der Waals surface area contributed by atoms with Gasteiger partial charge < -0.3 is 14.2 Å². The Labute approximate surface area is 482 Å². The Hall–Kier alpha value is -1.59. The van der Waals surface area contributed by atoms with Crippen LogP contribution in [0, 0.1) is 11.8 Å². The summed E-state index contributed by atoms with van der Waals surface area (Å²) in [6.45, 7) is 11.5. The first kappa shape index (κ1) is 75.4. The lowest BCUT2D eigenvalue weighted by Crippen LogP contribution is -2.30. The molecule has 0 heterocycles. The fourth-order valence-electron chi connectivity index (χ4n) is 11.2. The van der Waals surface area contributed by atoms with Gasteiger partial charge in [0, 0.05) is 19.3 Å². The lowest BCUT2D eigenvalue weighted by molar-refractivity contribution is -0.167. The van der Waals surface area contributed by atoms with Crippen LogP contribution in [0.2, 0.25) is 0 Å². The molecule has 0 aromatic rings. The maximum atomic E-state index is 13.0. The molecule has 0 fully saturated rings. The maximum absolute atomic E-state index is 13.0. The third kappa shape index (κ3) is 65.1. The zero-order valence-corrected chi connectivity index (χ0v) is 53.1. The largest absolute Gasteiger partial charge is 0.462 e. The molecule has 0 N–H and O–H groups in total. The van der Waals surface area contributed by atoms with Crippen LogP contribution in [0.25, 0.3) is 0 Å². The standard InChI is InChI=1S/C71H138O6/c1-6-7-8-9-10-11-12-13-14-15-16-21-28-33-38-43-48-53-58-63-71(74)77-68(65-76-70(73)62-57-52-47-42-37-32-27-23-22-25-30-35-40-45-50-55-60-67(4)5)64-75-69(72)61-56-51-46-41-36-31-26-20-18-17-19-24-29-34-39-44-49-54-59-66(2)3/h66-68H,6-65H2,1-5H3/t68-/m0/s1. The highest BCUT2D eigenvalue weighted by molar-refractivity contribution is 5.71. The predicted octanol–water partition coefficient (Wildman–Crippen LogP) is 23.9. The summed E-state index contributed by atoms with van der Waals surface area (Å²) >= 11 is 0. The first-order valence-electron chi connectivity index (χ1n) is 35.2. The van der Waals surface area contributed by atoms with Crippen LogP contribution in [0.4, 0.5) is 0 Å². The molecule has 0 aliphatic heterocycles. The van der Waals surface area contributed by atoms with E-state index in [4.69, 9.17) is 14.2 Å². The molecule has 0 aromatic heterocycles. The second-order valence-electron chi connectivity index (χ2n) is 25.5. The van der Waals surface area contributed by atoms with Crippen LogP contribution in [-0.4, -0.2) is 37.2 Å². The van der Waals surface area contributed by atoms with Crippen molar-refractivity contribution in [1.82, 2.24) is 0 Å². The van der Waals surface area contributed by atoms with Gasteiger partial charge in [-0.05, 0) is 31.1 Å². The molecule has 0 rings (SSSR count). The Morgan fingerprint density at radius 2 is 0.429 bits per heavy atom. The molecule has 0 amide bonds. The van der Waals surface area contributed by atoms with Crippen LogP contribution >= 0.6 is 0 Å². The Balaban J connectivity index is 4.27. The van der Waals surface area contributed by atoms with E-state index in [0.29, 0.717) is 19.3 Å². The highest BCUT2D eigenvalue weighted by Crippen LogP contribution is 2.20. The van der Waals surface area contributed by atoms with Crippen LogP contribution < -0.4 is 0 Å². The molecule has 0 aliphatic rings. The Morgan fingerprint density at radius 3 is 0.636 bits per heavy atom. The number of hydrogen-bond donors (Lipinski definition) is 0. The molecule has 458 valence electrons. The summed E-state index contributed by atoms with van der Waals surface area (Å²) in [5, 5.41) is 0. The number of ether oxygens (including phenoxy) is 3. The average Bonchev–Trinajstić information content (AvgIpc) is 3.41. The van der Waals surface area contributed by atoms with Crippen molar-refractivity contribution in [1.29, 1.82) is 0 Å². The van der Waals surface area contributed by atoms with Crippen LogP contribution in [0.5, 0.6) is 0 Å². The van der Waals surface area contributed by atoms with E-state index in [-0.39, 0.29) is 31.1 Å².